The van der Waals surface area contributed by atoms with E-state index < -0.39 is 0 Å². The first-order chi connectivity index (χ1) is 8.54. The smallest absolute Gasteiger partial charge is 0.224 e. The van der Waals surface area contributed by atoms with Gasteiger partial charge in [0, 0.05) is 6.04 Å². The topological polar surface area (TPSA) is 29.1 Å². The van der Waals surface area contributed by atoms with Crippen LogP contribution in [0.3, 0.4) is 0 Å². The second-order valence-corrected chi connectivity index (χ2v) is 5.78. The molecule has 0 aromatic heterocycles. The number of amides is 1. The number of carbonyl (C=O) groups excluding carboxylic acids is 1. The Labute approximate surface area is 110 Å². The molecule has 1 aromatic carbocycles. The highest BCUT2D eigenvalue weighted by Gasteiger charge is 2.22. The van der Waals surface area contributed by atoms with Crippen LogP contribution in [0.15, 0.2) is 18.2 Å². The van der Waals surface area contributed by atoms with Crippen LogP contribution in [0, 0.1) is 19.8 Å². The Balaban J connectivity index is 1.89. The molecule has 1 aromatic rings. The standard InChI is InChI=1S/C16H23NO/c1-11-4-7-15(8-11)17-16(18)10-14-6-5-12(2)13(3)9-14/h5-6,9,11,15H,4,7-8,10H2,1-3H3,(H,17,18). The van der Waals surface area contributed by atoms with E-state index in [0.29, 0.717) is 12.5 Å². The molecule has 1 amide bonds. The van der Waals surface area contributed by atoms with Gasteiger partial charge in [-0.05, 0) is 55.7 Å². The molecular weight excluding hydrogens is 222 g/mol. The molecule has 1 aliphatic carbocycles. The van der Waals surface area contributed by atoms with E-state index in [-0.39, 0.29) is 5.91 Å². The van der Waals surface area contributed by atoms with Crippen LogP contribution in [0.4, 0.5) is 0 Å². The van der Waals surface area contributed by atoms with Crippen molar-refractivity contribution in [2.45, 2.75) is 52.5 Å². The molecule has 1 fully saturated rings. The average molecular weight is 245 g/mol. The monoisotopic (exact) mass is 245 g/mol. The van der Waals surface area contributed by atoms with E-state index in [2.05, 4.69) is 44.3 Å². The van der Waals surface area contributed by atoms with Gasteiger partial charge in [-0.2, -0.15) is 0 Å². The lowest BCUT2D eigenvalue weighted by atomic mass is 10.0. The first-order valence-corrected chi connectivity index (χ1v) is 6.90. The maximum absolute atomic E-state index is 12.0. The Morgan fingerprint density at radius 2 is 2.06 bits per heavy atom. The number of hydrogen-bond acceptors (Lipinski definition) is 1. The summed E-state index contributed by atoms with van der Waals surface area (Å²) < 4.78 is 0. The number of nitrogens with one attached hydrogen (secondary N) is 1. The Morgan fingerprint density at radius 3 is 2.67 bits per heavy atom. The lowest BCUT2D eigenvalue weighted by Gasteiger charge is -2.13. The molecule has 0 bridgehead atoms. The zero-order valence-electron chi connectivity index (χ0n) is 11.6. The summed E-state index contributed by atoms with van der Waals surface area (Å²) >= 11 is 0. The minimum atomic E-state index is 0.164. The predicted octanol–water partition coefficient (Wildman–Crippen LogP) is 3.15. The molecule has 0 aliphatic heterocycles. The van der Waals surface area contributed by atoms with Gasteiger partial charge in [-0.1, -0.05) is 25.1 Å². The first kappa shape index (κ1) is 13.1. The molecule has 2 atom stereocenters. The van der Waals surface area contributed by atoms with Gasteiger partial charge in [0.05, 0.1) is 6.42 Å². The molecule has 1 saturated carbocycles. The lowest BCUT2D eigenvalue weighted by molar-refractivity contribution is -0.121. The van der Waals surface area contributed by atoms with E-state index in [0.717, 1.165) is 24.3 Å². The largest absolute Gasteiger partial charge is 0.353 e. The van der Waals surface area contributed by atoms with Crippen molar-refractivity contribution >= 4 is 5.91 Å². The zero-order chi connectivity index (χ0) is 13.1. The minimum absolute atomic E-state index is 0.164. The van der Waals surface area contributed by atoms with E-state index >= 15 is 0 Å². The van der Waals surface area contributed by atoms with Crippen molar-refractivity contribution in [2.75, 3.05) is 0 Å². The molecular formula is C16H23NO. The van der Waals surface area contributed by atoms with Crippen molar-refractivity contribution in [3.8, 4) is 0 Å². The predicted molar refractivity (Wildman–Crippen MR) is 74.6 cm³/mol. The third kappa shape index (κ3) is 3.34. The fourth-order valence-corrected chi connectivity index (χ4v) is 2.72. The van der Waals surface area contributed by atoms with E-state index in [1.807, 2.05) is 0 Å². The molecule has 0 spiro atoms. The third-order valence-corrected chi connectivity index (χ3v) is 4.00. The van der Waals surface area contributed by atoms with Gasteiger partial charge in [0.1, 0.15) is 0 Å². The normalized spacial score (nSPS) is 23.1. The SMILES string of the molecule is Cc1ccc(CC(=O)NC2CCC(C)C2)cc1C. The number of aryl methyl sites for hydroxylation is 2. The second-order valence-electron chi connectivity index (χ2n) is 5.78. The Morgan fingerprint density at radius 1 is 1.28 bits per heavy atom. The van der Waals surface area contributed by atoms with Gasteiger partial charge in [0.2, 0.25) is 5.91 Å². The van der Waals surface area contributed by atoms with Crippen molar-refractivity contribution < 1.29 is 4.79 Å². The van der Waals surface area contributed by atoms with Crippen molar-refractivity contribution in [3.63, 3.8) is 0 Å². The number of rotatable bonds is 3. The molecule has 18 heavy (non-hydrogen) atoms. The van der Waals surface area contributed by atoms with Crippen LogP contribution in [0.5, 0.6) is 0 Å². The molecule has 2 heteroatoms. The van der Waals surface area contributed by atoms with Gasteiger partial charge in [-0.3, -0.25) is 4.79 Å². The molecule has 0 saturated heterocycles. The van der Waals surface area contributed by atoms with Crippen LogP contribution in [0.25, 0.3) is 0 Å². The van der Waals surface area contributed by atoms with E-state index in [9.17, 15) is 4.79 Å². The average Bonchev–Trinajstić information content (AvgIpc) is 2.69. The Bertz CT molecular complexity index is 439. The fraction of sp³-hybridized carbons (Fsp3) is 0.562. The van der Waals surface area contributed by atoms with Gasteiger partial charge >= 0.3 is 0 Å². The van der Waals surface area contributed by atoms with Gasteiger partial charge in [-0.25, -0.2) is 0 Å². The maximum atomic E-state index is 12.0. The Hall–Kier alpha value is -1.31. The minimum Gasteiger partial charge on any atom is -0.353 e. The summed E-state index contributed by atoms with van der Waals surface area (Å²) in [5, 5.41) is 3.15. The first-order valence-electron chi connectivity index (χ1n) is 6.90. The fourth-order valence-electron chi connectivity index (χ4n) is 2.72. The third-order valence-electron chi connectivity index (χ3n) is 4.00. The summed E-state index contributed by atoms with van der Waals surface area (Å²) in [4.78, 5) is 12.0. The lowest BCUT2D eigenvalue weighted by Crippen LogP contribution is -2.34. The van der Waals surface area contributed by atoms with Crippen LogP contribution >= 0.6 is 0 Å². The van der Waals surface area contributed by atoms with E-state index in [4.69, 9.17) is 0 Å². The van der Waals surface area contributed by atoms with Crippen molar-refractivity contribution in [3.05, 3.63) is 34.9 Å². The van der Waals surface area contributed by atoms with Crippen molar-refractivity contribution in [1.29, 1.82) is 0 Å². The summed E-state index contributed by atoms with van der Waals surface area (Å²) in [6.07, 6.45) is 4.03. The summed E-state index contributed by atoms with van der Waals surface area (Å²) in [7, 11) is 0. The van der Waals surface area contributed by atoms with Crippen molar-refractivity contribution in [1.82, 2.24) is 5.32 Å². The molecule has 2 rings (SSSR count). The second kappa shape index (κ2) is 5.55. The van der Waals surface area contributed by atoms with Gasteiger partial charge in [0.15, 0.2) is 0 Å². The van der Waals surface area contributed by atoms with E-state index in [1.54, 1.807) is 0 Å². The number of hydrogen-bond donors (Lipinski definition) is 1. The number of carbonyl (C=O) groups is 1. The Kier molecular flexibility index (Phi) is 4.05. The van der Waals surface area contributed by atoms with Crippen LogP contribution in [-0.2, 0) is 11.2 Å². The van der Waals surface area contributed by atoms with Crippen LogP contribution < -0.4 is 5.32 Å². The molecule has 0 radical (unpaired) electrons. The quantitative estimate of drug-likeness (QED) is 0.871. The molecule has 1 aliphatic rings. The molecule has 2 nitrogen and oxygen atoms in total. The summed E-state index contributed by atoms with van der Waals surface area (Å²) in [6.45, 7) is 6.45. The van der Waals surface area contributed by atoms with Crippen LogP contribution in [0.1, 0.15) is 42.9 Å². The van der Waals surface area contributed by atoms with Gasteiger partial charge in [-0.15, -0.1) is 0 Å². The number of benzene rings is 1. The zero-order valence-corrected chi connectivity index (χ0v) is 11.6. The molecule has 2 unspecified atom stereocenters. The van der Waals surface area contributed by atoms with Crippen molar-refractivity contribution in [2.24, 2.45) is 5.92 Å². The highest BCUT2D eigenvalue weighted by atomic mass is 16.1. The van der Waals surface area contributed by atoms with Crippen LogP contribution in [0.2, 0.25) is 0 Å². The van der Waals surface area contributed by atoms with Gasteiger partial charge < -0.3 is 5.32 Å². The van der Waals surface area contributed by atoms with Crippen LogP contribution in [-0.4, -0.2) is 11.9 Å². The summed E-state index contributed by atoms with van der Waals surface area (Å²) in [6, 6.07) is 6.67. The molecule has 0 heterocycles. The summed E-state index contributed by atoms with van der Waals surface area (Å²) in [5.41, 5.74) is 3.65. The highest BCUT2D eigenvalue weighted by molar-refractivity contribution is 5.79. The van der Waals surface area contributed by atoms with Gasteiger partial charge in [0.25, 0.3) is 0 Å². The highest BCUT2D eigenvalue weighted by Crippen LogP contribution is 2.24. The summed E-state index contributed by atoms with van der Waals surface area (Å²) in [5.74, 6) is 0.925. The molecule has 98 valence electrons. The maximum Gasteiger partial charge on any atom is 0.224 e. The van der Waals surface area contributed by atoms with E-state index in [1.165, 1.54) is 17.5 Å². The molecule has 1 N–H and O–H groups in total.